The molecule has 0 bridgehead atoms. The Morgan fingerprint density at radius 3 is 2.36 bits per heavy atom. The van der Waals surface area contributed by atoms with Crippen molar-refractivity contribution in [1.29, 1.82) is 0 Å². The van der Waals surface area contributed by atoms with Crippen LogP contribution in [0.3, 0.4) is 0 Å². The van der Waals surface area contributed by atoms with Gasteiger partial charge in [-0.1, -0.05) is 48.5 Å². The summed E-state index contributed by atoms with van der Waals surface area (Å²) >= 11 is -2.50. The molecule has 2 N–H and O–H groups in total. The van der Waals surface area contributed by atoms with Crippen LogP contribution in [0.15, 0.2) is 72.8 Å². The van der Waals surface area contributed by atoms with Crippen LogP contribution in [-0.4, -0.2) is 15.8 Å². The standard InChI is InChI=1S/C21H22FN3O2S/c1-23-14-16-7-6-8-17(13-16)15-25(28(26)27)21-12-5-4-11-20(21)24-19-10-3-2-9-18(19)22/h2-13,23-24H,14-15H2,1H3,(H,26,27)/p-1. The Morgan fingerprint density at radius 1 is 0.964 bits per heavy atom. The molecule has 0 aliphatic heterocycles. The summed E-state index contributed by atoms with van der Waals surface area (Å²) in [5.74, 6) is -0.410. The van der Waals surface area contributed by atoms with E-state index in [9.17, 15) is 13.2 Å². The number of nitrogens with one attached hydrogen (secondary N) is 2. The average molecular weight is 398 g/mol. The van der Waals surface area contributed by atoms with E-state index in [4.69, 9.17) is 0 Å². The molecule has 0 saturated carbocycles. The highest BCUT2D eigenvalue weighted by Crippen LogP contribution is 2.31. The third kappa shape index (κ3) is 4.95. The number of hydrogen-bond acceptors (Lipinski definition) is 4. The molecule has 146 valence electrons. The van der Waals surface area contributed by atoms with Crippen molar-refractivity contribution < 1.29 is 13.2 Å². The van der Waals surface area contributed by atoms with E-state index in [0.29, 0.717) is 17.9 Å². The molecule has 0 spiro atoms. The third-order valence-corrected chi connectivity index (χ3v) is 4.88. The van der Waals surface area contributed by atoms with Gasteiger partial charge in [0.05, 0.1) is 23.6 Å². The minimum absolute atomic E-state index is 0.170. The zero-order chi connectivity index (χ0) is 19.9. The summed E-state index contributed by atoms with van der Waals surface area (Å²) < 4.78 is 39.3. The summed E-state index contributed by atoms with van der Waals surface area (Å²) in [5.41, 5.74) is 3.15. The highest BCUT2D eigenvalue weighted by molar-refractivity contribution is 7.80. The topological polar surface area (TPSA) is 67.4 Å². The Labute approximate surface area is 166 Å². The van der Waals surface area contributed by atoms with Crippen LogP contribution in [-0.2, 0) is 24.4 Å². The fraction of sp³-hybridized carbons (Fsp3) is 0.143. The van der Waals surface area contributed by atoms with Gasteiger partial charge >= 0.3 is 0 Å². The maximum Gasteiger partial charge on any atom is 0.146 e. The van der Waals surface area contributed by atoms with Crippen molar-refractivity contribution in [2.24, 2.45) is 0 Å². The summed E-state index contributed by atoms with van der Waals surface area (Å²) in [6, 6.07) is 20.9. The van der Waals surface area contributed by atoms with Crippen LogP contribution in [0.25, 0.3) is 0 Å². The lowest BCUT2D eigenvalue weighted by atomic mass is 10.1. The third-order valence-electron chi connectivity index (χ3n) is 4.19. The first kappa shape index (κ1) is 20.0. The molecular weight excluding hydrogens is 377 g/mol. The largest absolute Gasteiger partial charge is 0.755 e. The molecule has 3 rings (SSSR count). The van der Waals surface area contributed by atoms with Gasteiger partial charge in [-0.05, 0) is 42.4 Å². The second kappa shape index (κ2) is 9.45. The molecule has 0 aliphatic rings. The van der Waals surface area contributed by atoms with E-state index in [-0.39, 0.29) is 12.2 Å². The second-order valence-corrected chi connectivity index (χ2v) is 7.10. The smallest absolute Gasteiger partial charge is 0.146 e. The summed E-state index contributed by atoms with van der Waals surface area (Å²) in [4.78, 5) is 0. The van der Waals surface area contributed by atoms with Crippen LogP contribution < -0.4 is 14.9 Å². The molecule has 0 fully saturated rings. The number of hydrogen-bond donors (Lipinski definition) is 2. The summed E-state index contributed by atoms with van der Waals surface area (Å²) in [6.07, 6.45) is 0. The number of anilines is 3. The highest BCUT2D eigenvalue weighted by atomic mass is 32.2. The molecule has 3 aromatic carbocycles. The molecule has 0 amide bonds. The molecular formula is C21H21FN3O2S-. The molecule has 0 aromatic heterocycles. The summed E-state index contributed by atoms with van der Waals surface area (Å²) in [6.45, 7) is 0.864. The molecule has 0 aliphatic carbocycles. The molecule has 1 atom stereocenters. The van der Waals surface area contributed by atoms with Crippen molar-refractivity contribution in [2.45, 2.75) is 13.1 Å². The quantitative estimate of drug-likeness (QED) is 0.561. The van der Waals surface area contributed by atoms with Gasteiger partial charge in [-0.3, -0.25) is 8.51 Å². The number of halogens is 1. The van der Waals surface area contributed by atoms with Gasteiger partial charge in [-0.25, -0.2) is 4.39 Å². The molecule has 0 radical (unpaired) electrons. The maximum absolute atomic E-state index is 14.0. The predicted octanol–water partition coefficient (Wildman–Crippen LogP) is 4.09. The van der Waals surface area contributed by atoms with Crippen molar-refractivity contribution in [3.8, 4) is 0 Å². The zero-order valence-electron chi connectivity index (χ0n) is 15.4. The van der Waals surface area contributed by atoms with E-state index in [0.717, 1.165) is 11.1 Å². The maximum atomic E-state index is 14.0. The van der Waals surface area contributed by atoms with Crippen LogP contribution in [0.5, 0.6) is 0 Å². The second-order valence-electron chi connectivity index (χ2n) is 6.23. The van der Waals surface area contributed by atoms with Crippen molar-refractivity contribution in [3.05, 3.63) is 89.7 Å². The van der Waals surface area contributed by atoms with Crippen LogP contribution >= 0.6 is 0 Å². The van der Waals surface area contributed by atoms with Gasteiger partial charge < -0.3 is 15.2 Å². The van der Waals surface area contributed by atoms with Gasteiger partial charge in [0.1, 0.15) is 5.82 Å². The van der Waals surface area contributed by atoms with Gasteiger partial charge in [0.15, 0.2) is 0 Å². The molecule has 3 aromatic rings. The van der Waals surface area contributed by atoms with Crippen molar-refractivity contribution in [1.82, 2.24) is 5.32 Å². The van der Waals surface area contributed by atoms with Gasteiger partial charge in [0.2, 0.25) is 0 Å². The van der Waals surface area contributed by atoms with E-state index in [1.807, 2.05) is 31.3 Å². The SMILES string of the molecule is CNCc1cccc(CN(c2ccccc2Nc2ccccc2F)S(=O)[O-])c1. The first-order valence-corrected chi connectivity index (χ1v) is 9.81. The minimum Gasteiger partial charge on any atom is -0.755 e. The highest BCUT2D eigenvalue weighted by Gasteiger charge is 2.14. The summed E-state index contributed by atoms with van der Waals surface area (Å²) in [7, 11) is 1.86. The van der Waals surface area contributed by atoms with E-state index in [2.05, 4.69) is 10.6 Å². The Kier molecular flexibility index (Phi) is 6.76. The first-order valence-electron chi connectivity index (χ1n) is 8.78. The predicted molar refractivity (Wildman–Crippen MR) is 110 cm³/mol. The molecule has 1 unspecified atom stereocenters. The number of nitrogens with zero attached hydrogens (tertiary/aromatic N) is 1. The monoisotopic (exact) mass is 398 g/mol. The van der Waals surface area contributed by atoms with Crippen molar-refractivity contribution in [3.63, 3.8) is 0 Å². The van der Waals surface area contributed by atoms with Crippen LogP contribution in [0.4, 0.5) is 21.5 Å². The van der Waals surface area contributed by atoms with Crippen LogP contribution in [0.1, 0.15) is 11.1 Å². The number of benzene rings is 3. The molecule has 28 heavy (non-hydrogen) atoms. The fourth-order valence-electron chi connectivity index (χ4n) is 2.93. The van der Waals surface area contributed by atoms with Crippen molar-refractivity contribution >= 4 is 28.3 Å². The Morgan fingerprint density at radius 2 is 1.64 bits per heavy atom. The first-order chi connectivity index (χ1) is 13.6. The van der Waals surface area contributed by atoms with Crippen LogP contribution in [0, 0.1) is 5.82 Å². The van der Waals surface area contributed by atoms with Gasteiger partial charge in [0, 0.05) is 17.8 Å². The van der Waals surface area contributed by atoms with Gasteiger partial charge in [-0.15, -0.1) is 0 Å². The fourth-order valence-corrected chi connectivity index (χ4v) is 3.50. The van der Waals surface area contributed by atoms with E-state index >= 15 is 0 Å². The Balaban J connectivity index is 1.92. The average Bonchev–Trinajstić information content (AvgIpc) is 2.69. The van der Waals surface area contributed by atoms with Gasteiger partial charge in [-0.2, -0.15) is 0 Å². The lowest BCUT2D eigenvalue weighted by Gasteiger charge is -2.29. The van der Waals surface area contributed by atoms with Crippen LogP contribution in [0.2, 0.25) is 0 Å². The lowest BCUT2D eigenvalue weighted by Crippen LogP contribution is -2.25. The Hall–Kier alpha value is -2.74. The molecule has 5 nitrogen and oxygen atoms in total. The van der Waals surface area contributed by atoms with Gasteiger partial charge in [0.25, 0.3) is 0 Å². The molecule has 0 heterocycles. The van der Waals surface area contributed by atoms with E-state index < -0.39 is 17.1 Å². The van der Waals surface area contributed by atoms with E-state index in [1.54, 1.807) is 42.5 Å². The number of para-hydroxylation sites is 3. The normalized spacial score (nSPS) is 11.8. The van der Waals surface area contributed by atoms with E-state index in [1.165, 1.54) is 10.4 Å². The lowest BCUT2D eigenvalue weighted by molar-refractivity contribution is 0.531. The minimum atomic E-state index is -2.50. The molecule has 7 heteroatoms. The molecule has 0 saturated heterocycles. The number of rotatable bonds is 8. The van der Waals surface area contributed by atoms with Crippen molar-refractivity contribution in [2.75, 3.05) is 16.7 Å². The Bertz CT molecular complexity index is 968. The zero-order valence-corrected chi connectivity index (χ0v) is 16.2. The summed E-state index contributed by atoms with van der Waals surface area (Å²) in [5, 5.41) is 6.07.